The summed E-state index contributed by atoms with van der Waals surface area (Å²) in [4.78, 5) is 0. The molecule has 0 bridgehead atoms. The number of benzene rings is 1. The van der Waals surface area contributed by atoms with Gasteiger partial charge in [0.1, 0.15) is 0 Å². The topological polar surface area (TPSA) is 0 Å². The molecular formula is C12H17. The maximum atomic E-state index is 3.25. The largest absolute Gasteiger partial charge is 0.0654 e. The van der Waals surface area contributed by atoms with Gasteiger partial charge in [0.25, 0.3) is 0 Å². The second-order valence-electron chi connectivity index (χ2n) is 3.43. The lowest BCUT2D eigenvalue weighted by Gasteiger charge is -2.04. The summed E-state index contributed by atoms with van der Waals surface area (Å²) in [5.74, 6) is 0. The van der Waals surface area contributed by atoms with Crippen molar-refractivity contribution in [1.82, 2.24) is 0 Å². The van der Waals surface area contributed by atoms with Crippen molar-refractivity contribution >= 4 is 0 Å². The summed E-state index contributed by atoms with van der Waals surface area (Å²) in [6, 6.07) is 7.60. The summed E-state index contributed by atoms with van der Waals surface area (Å²) in [6.07, 6.45) is 3.77. The fourth-order valence-electron chi connectivity index (χ4n) is 1.41. The highest BCUT2D eigenvalue weighted by Crippen LogP contribution is 2.12. The van der Waals surface area contributed by atoms with Gasteiger partial charge in [-0.05, 0) is 49.4 Å². The van der Waals surface area contributed by atoms with Gasteiger partial charge in [-0.3, -0.25) is 0 Å². The molecule has 1 rings (SSSR count). The monoisotopic (exact) mass is 161 g/mol. The van der Waals surface area contributed by atoms with E-state index in [0.29, 0.717) is 0 Å². The molecule has 0 aliphatic heterocycles. The zero-order valence-corrected chi connectivity index (χ0v) is 8.28. The van der Waals surface area contributed by atoms with Crippen LogP contribution in [0.15, 0.2) is 12.1 Å². The molecule has 0 aliphatic rings. The summed E-state index contributed by atoms with van der Waals surface area (Å²) in [7, 11) is 0. The van der Waals surface area contributed by atoms with Crippen LogP contribution >= 0.6 is 0 Å². The molecule has 1 radical (unpaired) electrons. The molecule has 12 heavy (non-hydrogen) atoms. The molecule has 0 aliphatic carbocycles. The lowest BCUT2D eigenvalue weighted by Crippen LogP contribution is -1.90. The highest BCUT2D eigenvalue weighted by Gasteiger charge is 1.97. The molecule has 1 aromatic rings. The Morgan fingerprint density at radius 2 is 2.08 bits per heavy atom. The maximum Gasteiger partial charge on any atom is -0.0149 e. The molecule has 0 N–H and O–H groups in total. The van der Waals surface area contributed by atoms with Crippen molar-refractivity contribution in [2.75, 3.05) is 0 Å². The summed E-state index contributed by atoms with van der Waals surface area (Å²) in [5, 5.41) is 0. The van der Waals surface area contributed by atoms with Gasteiger partial charge < -0.3 is 0 Å². The van der Waals surface area contributed by atoms with E-state index in [4.69, 9.17) is 0 Å². The van der Waals surface area contributed by atoms with Gasteiger partial charge in [-0.25, -0.2) is 0 Å². The van der Waals surface area contributed by atoms with Gasteiger partial charge in [0, 0.05) is 0 Å². The molecule has 0 amide bonds. The van der Waals surface area contributed by atoms with Crippen molar-refractivity contribution in [3.05, 3.63) is 34.9 Å². The third-order valence-electron chi connectivity index (χ3n) is 2.21. The van der Waals surface area contributed by atoms with Gasteiger partial charge in [0.2, 0.25) is 0 Å². The maximum absolute atomic E-state index is 3.25. The quantitative estimate of drug-likeness (QED) is 0.637. The molecule has 0 spiro atoms. The normalized spacial score (nSPS) is 10.2. The van der Waals surface area contributed by atoms with Crippen LogP contribution in [0.2, 0.25) is 0 Å². The molecule has 0 nitrogen and oxygen atoms in total. The molecule has 0 heterocycles. The van der Waals surface area contributed by atoms with Crippen LogP contribution in [-0.4, -0.2) is 0 Å². The Labute approximate surface area is 75.6 Å². The minimum Gasteiger partial charge on any atom is -0.0654 e. The van der Waals surface area contributed by atoms with Crippen molar-refractivity contribution in [3.63, 3.8) is 0 Å². The second-order valence-corrected chi connectivity index (χ2v) is 3.43. The predicted molar refractivity (Wildman–Crippen MR) is 53.4 cm³/mol. The van der Waals surface area contributed by atoms with Crippen LogP contribution in [0, 0.1) is 19.9 Å². The first kappa shape index (κ1) is 9.31. The average Bonchev–Trinajstić information content (AvgIpc) is 2.03. The molecule has 0 heteroatoms. The Balaban J connectivity index is 2.72. The van der Waals surface area contributed by atoms with E-state index < -0.39 is 0 Å². The number of hydrogen-bond acceptors (Lipinski definition) is 0. The van der Waals surface area contributed by atoms with E-state index in [-0.39, 0.29) is 0 Å². The molecule has 65 valence electrons. The first-order chi connectivity index (χ1) is 5.74. The zero-order chi connectivity index (χ0) is 8.97. The van der Waals surface area contributed by atoms with Crippen LogP contribution < -0.4 is 0 Å². The molecular weight excluding hydrogens is 144 g/mol. The van der Waals surface area contributed by atoms with E-state index >= 15 is 0 Å². The van der Waals surface area contributed by atoms with E-state index in [0.717, 1.165) is 0 Å². The third-order valence-corrected chi connectivity index (χ3v) is 2.21. The summed E-state index contributed by atoms with van der Waals surface area (Å²) in [5.41, 5.74) is 4.12. The first-order valence-electron chi connectivity index (χ1n) is 4.72. The van der Waals surface area contributed by atoms with Gasteiger partial charge in [-0.15, -0.1) is 0 Å². The highest BCUT2D eigenvalue weighted by atomic mass is 14.0. The zero-order valence-electron chi connectivity index (χ0n) is 8.28. The van der Waals surface area contributed by atoms with Gasteiger partial charge in [-0.1, -0.05) is 25.5 Å². The van der Waals surface area contributed by atoms with E-state index in [1.54, 1.807) is 0 Å². The van der Waals surface area contributed by atoms with Crippen molar-refractivity contribution in [1.29, 1.82) is 0 Å². The van der Waals surface area contributed by atoms with E-state index in [2.05, 4.69) is 39.0 Å². The average molecular weight is 161 g/mol. The number of aryl methyl sites for hydroxylation is 3. The number of hydrogen-bond donors (Lipinski definition) is 0. The smallest absolute Gasteiger partial charge is 0.0149 e. The molecule has 0 fully saturated rings. The van der Waals surface area contributed by atoms with Crippen LogP contribution in [-0.2, 0) is 6.42 Å². The Hall–Kier alpha value is -0.780. The van der Waals surface area contributed by atoms with Gasteiger partial charge in [-0.2, -0.15) is 0 Å². The highest BCUT2D eigenvalue weighted by molar-refractivity contribution is 5.29. The summed E-state index contributed by atoms with van der Waals surface area (Å²) >= 11 is 0. The third kappa shape index (κ3) is 2.37. The SMILES string of the molecule is CCCCc1c[c]c(C)cc1C. The first-order valence-corrected chi connectivity index (χ1v) is 4.72. The molecule has 0 aromatic heterocycles. The van der Waals surface area contributed by atoms with Crippen LogP contribution in [0.25, 0.3) is 0 Å². The summed E-state index contributed by atoms with van der Waals surface area (Å²) in [6.45, 7) is 6.51. The van der Waals surface area contributed by atoms with Crippen LogP contribution in [0.1, 0.15) is 36.5 Å². The van der Waals surface area contributed by atoms with Crippen LogP contribution in [0.5, 0.6) is 0 Å². The fraction of sp³-hybridized carbons (Fsp3) is 0.500. The summed E-state index contributed by atoms with van der Waals surface area (Å²) < 4.78 is 0. The minimum absolute atomic E-state index is 1.21. The van der Waals surface area contributed by atoms with E-state index in [9.17, 15) is 0 Å². The van der Waals surface area contributed by atoms with Crippen LogP contribution in [0.3, 0.4) is 0 Å². The van der Waals surface area contributed by atoms with Crippen molar-refractivity contribution in [2.24, 2.45) is 0 Å². The molecule has 0 unspecified atom stereocenters. The Kier molecular flexibility index (Phi) is 3.33. The minimum atomic E-state index is 1.21. The Morgan fingerprint density at radius 1 is 1.33 bits per heavy atom. The van der Waals surface area contributed by atoms with Gasteiger partial charge in [0.05, 0.1) is 0 Å². The van der Waals surface area contributed by atoms with Crippen molar-refractivity contribution < 1.29 is 0 Å². The fourth-order valence-corrected chi connectivity index (χ4v) is 1.41. The lowest BCUT2D eigenvalue weighted by molar-refractivity contribution is 0.791. The van der Waals surface area contributed by atoms with Crippen LogP contribution in [0.4, 0.5) is 0 Å². The van der Waals surface area contributed by atoms with Crippen molar-refractivity contribution in [3.8, 4) is 0 Å². The molecule has 0 saturated heterocycles. The van der Waals surface area contributed by atoms with E-state index in [1.165, 1.54) is 36.0 Å². The standard InChI is InChI=1S/C12H17/c1-4-5-6-12-8-7-10(2)9-11(12)3/h8-9H,4-6H2,1-3H3. The Morgan fingerprint density at radius 3 is 2.67 bits per heavy atom. The lowest BCUT2D eigenvalue weighted by atomic mass is 10.0. The molecule has 0 saturated carbocycles. The predicted octanol–water partition coefficient (Wildman–Crippen LogP) is 3.45. The Bertz CT molecular complexity index is 248. The van der Waals surface area contributed by atoms with E-state index in [1.807, 2.05) is 0 Å². The second kappa shape index (κ2) is 4.30. The molecule has 0 atom stereocenters. The van der Waals surface area contributed by atoms with Gasteiger partial charge >= 0.3 is 0 Å². The number of rotatable bonds is 3. The van der Waals surface area contributed by atoms with Crippen molar-refractivity contribution in [2.45, 2.75) is 40.0 Å². The number of unbranched alkanes of at least 4 members (excludes halogenated alkanes) is 1. The van der Waals surface area contributed by atoms with Gasteiger partial charge in [0.15, 0.2) is 0 Å². The molecule has 1 aromatic carbocycles.